The molecule has 2 amide bonds. The Labute approximate surface area is 165 Å². The van der Waals surface area contributed by atoms with Crippen LogP contribution >= 0.6 is 0 Å². The number of carbonyl (C=O) groups excluding carboxylic acids is 2. The third-order valence-electron chi connectivity index (χ3n) is 4.65. The van der Waals surface area contributed by atoms with Crippen LogP contribution < -0.4 is 10.2 Å². The highest BCUT2D eigenvalue weighted by Gasteiger charge is 2.18. The summed E-state index contributed by atoms with van der Waals surface area (Å²) in [6.07, 6.45) is 1.06. The van der Waals surface area contributed by atoms with Crippen molar-refractivity contribution in [3.8, 4) is 0 Å². The average Bonchev–Trinajstić information content (AvgIpc) is 2.76. The van der Waals surface area contributed by atoms with Crippen LogP contribution in [-0.4, -0.2) is 18.9 Å². The van der Waals surface area contributed by atoms with Crippen LogP contribution in [0.2, 0.25) is 0 Å². The number of anilines is 1. The average molecular weight is 372 g/mol. The molecule has 1 N–H and O–H groups in total. The summed E-state index contributed by atoms with van der Waals surface area (Å²) >= 11 is 0. The van der Waals surface area contributed by atoms with E-state index in [0.717, 1.165) is 11.1 Å². The monoisotopic (exact) mass is 372 g/mol. The molecule has 3 rings (SSSR count). The van der Waals surface area contributed by atoms with E-state index in [1.807, 2.05) is 72.8 Å². The van der Waals surface area contributed by atoms with Crippen LogP contribution in [0.1, 0.15) is 27.9 Å². The van der Waals surface area contributed by atoms with Gasteiger partial charge in [-0.1, -0.05) is 72.8 Å². The first-order chi connectivity index (χ1) is 13.6. The van der Waals surface area contributed by atoms with Crippen LogP contribution in [0.4, 0.5) is 5.69 Å². The Morgan fingerprint density at radius 2 is 1.36 bits per heavy atom. The van der Waals surface area contributed by atoms with Crippen LogP contribution in [0.15, 0.2) is 84.9 Å². The largest absolute Gasteiger partial charge is 0.348 e. The Morgan fingerprint density at radius 3 is 2.04 bits per heavy atom. The van der Waals surface area contributed by atoms with Gasteiger partial charge in [0.2, 0.25) is 5.91 Å². The lowest BCUT2D eigenvalue weighted by molar-refractivity contribution is -0.118. The van der Waals surface area contributed by atoms with Gasteiger partial charge in [-0.2, -0.15) is 0 Å². The Balaban J connectivity index is 1.66. The van der Waals surface area contributed by atoms with Crippen molar-refractivity contribution in [1.82, 2.24) is 5.32 Å². The maximum absolute atomic E-state index is 12.7. The van der Waals surface area contributed by atoms with Gasteiger partial charge < -0.3 is 10.2 Å². The van der Waals surface area contributed by atoms with E-state index in [-0.39, 0.29) is 11.8 Å². The molecule has 0 saturated carbocycles. The molecule has 0 fully saturated rings. The molecule has 0 aliphatic heterocycles. The predicted molar refractivity (Wildman–Crippen MR) is 112 cm³/mol. The number of carbonyl (C=O) groups is 2. The minimum Gasteiger partial charge on any atom is -0.348 e. The second kappa shape index (κ2) is 9.51. The van der Waals surface area contributed by atoms with Crippen LogP contribution in [-0.2, 0) is 17.8 Å². The van der Waals surface area contributed by atoms with Crippen LogP contribution in [0.25, 0.3) is 0 Å². The number of hydrogen-bond acceptors (Lipinski definition) is 2. The highest BCUT2D eigenvalue weighted by molar-refractivity contribution is 6.04. The highest BCUT2D eigenvalue weighted by Crippen LogP contribution is 2.20. The van der Waals surface area contributed by atoms with Gasteiger partial charge in [-0.3, -0.25) is 9.59 Å². The quantitative estimate of drug-likeness (QED) is 0.675. The summed E-state index contributed by atoms with van der Waals surface area (Å²) in [5.74, 6) is -0.214. The van der Waals surface area contributed by atoms with Crippen molar-refractivity contribution in [3.05, 3.63) is 102 Å². The molecule has 142 valence electrons. The molecule has 3 aromatic carbocycles. The minimum atomic E-state index is -0.192. The molecular weight excluding hydrogens is 348 g/mol. The van der Waals surface area contributed by atoms with Crippen molar-refractivity contribution < 1.29 is 9.59 Å². The lowest BCUT2D eigenvalue weighted by Crippen LogP contribution is -2.30. The van der Waals surface area contributed by atoms with E-state index in [4.69, 9.17) is 0 Å². The summed E-state index contributed by atoms with van der Waals surface area (Å²) < 4.78 is 0. The van der Waals surface area contributed by atoms with Crippen molar-refractivity contribution in [3.63, 3.8) is 0 Å². The number of nitrogens with one attached hydrogen (secondary N) is 1. The van der Waals surface area contributed by atoms with Gasteiger partial charge in [-0.25, -0.2) is 0 Å². The maximum Gasteiger partial charge on any atom is 0.253 e. The van der Waals surface area contributed by atoms with Gasteiger partial charge in [0.15, 0.2) is 0 Å². The zero-order chi connectivity index (χ0) is 19.8. The summed E-state index contributed by atoms with van der Waals surface area (Å²) in [7, 11) is 1.72. The minimum absolute atomic E-state index is 0.0211. The van der Waals surface area contributed by atoms with Gasteiger partial charge in [0.1, 0.15) is 0 Å². The summed E-state index contributed by atoms with van der Waals surface area (Å²) in [4.78, 5) is 26.9. The molecule has 3 aromatic rings. The van der Waals surface area contributed by atoms with E-state index >= 15 is 0 Å². The first-order valence-corrected chi connectivity index (χ1v) is 9.37. The third kappa shape index (κ3) is 5.07. The molecule has 0 unspecified atom stereocenters. The van der Waals surface area contributed by atoms with Gasteiger partial charge in [-0.05, 0) is 29.7 Å². The fourth-order valence-corrected chi connectivity index (χ4v) is 3.03. The van der Waals surface area contributed by atoms with Crippen molar-refractivity contribution in [1.29, 1.82) is 0 Å². The zero-order valence-corrected chi connectivity index (χ0v) is 16.0. The first kappa shape index (κ1) is 19.4. The molecule has 28 heavy (non-hydrogen) atoms. The lowest BCUT2D eigenvalue weighted by atomic mass is 10.1. The van der Waals surface area contributed by atoms with Gasteiger partial charge in [-0.15, -0.1) is 0 Å². The maximum atomic E-state index is 12.7. The van der Waals surface area contributed by atoms with Crippen molar-refractivity contribution in [2.75, 3.05) is 11.9 Å². The first-order valence-electron chi connectivity index (χ1n) is 9.37. The van der Waals surface area contributed by atoms with E-state index in [1.54, 1.807) is 24.1 Å². The molecule has 0 aromatic heterocycles. The molecule has 0 saturated heterocycles. The second-order valence-electron chi connectivity index (χ2n) is 6.62. The summed E-state index contributed by atoms with van der Waals surface area (Å²) in [5, 5.41) is 2.93. The van der Waals surface area contributed by atoms with E-state index < -0.39 is 0 Å². The predicted octanol–water partition coefficient (Wildman–Crippen LogP) is 4.21. The van der Waals surface area contributed by atoms with E-state index in [2.05, 4.69) is 5.32 Å². The fourth-order valence-electron chi connectivity index (χ4n) is 3.03. The van der Waals surface area contributed by atoms with E-state index in [1.165, 1.54) is 0 Å². The van der Waals surface area contributed by atoms with Crippen molar-refractivity contribution >= 4 is 17.5 Å². The second-order valence-corrected chi connectivity index (χ2v) is 6.62. The van der Waals surface area contributed by atoms with Gasteiger partial charge in [0, 0.05) is 20.0 Å². The fraction of sp³-hybridized carbons (Fsp3) is 0.167. The van der Waals surface area contributed by atoms with Gasteiger partial charge in [0.05, 0.1) is 11.3 Å². The topological polar surface area (TPSA) is 49.4 Å². The Morgan fingerprint density at radius 1 is 0.786 bits per heavy atom. The normalized spacial score (nSPS) is 10.3. The molecule has 0 aliphatic rings. The van der Waals surface area contributed by atoms with Crippen LogP contribution in [0.5, 0.6) is 0 Å². The summed E-state index contributed by atoms with van der Waals surface area (Å²) in [6, 6.07) is 26.9. The third-order valence-corrected chi connectivity index (χ3v) is 4.65. The lowest BCUT2D eigenvalue weighted by Gasteiger charge is -2.20. The molecule has 0 aliphatic carbocycles. The number of amides is 2. The van der Waals surface area contributed by atoms with Gasteiger partial charge >= 0.3 is 0 Å². The number of benzene rings is 3. The van der Waals surface area contributed by atoms with E-state index in [9.17, 15) is 9.59 Å². The molecule has 0 heterocycles. The Hall–Kier alpha value is -3.40. The Kier molecular flexibility index (Phi) is 6.58. The number of hydrogen-bond donors (Lipinski definition) is 1. The SMILES string of the molecule is CN(C(=O)CCc1ccccc1)c1ccccc1C(=O)NCc1ccccc1. The molecule has 0 atom stereocenters. The molecule has 4 heteroatoms. The van der Waals surface area contributed by atoms with Crippen LogP contribution in [0, 0.1) is 0 Å². The number of para-hydroxylation sites is 1. The number of nitrogens with zero attached hydrogens (tertiary/aromatic N) is 1. The molecule has 4 nitrogen and oxygen atoms in total. The number of aryl methyl sites for hydroxylation is 1. The smallest absolute Gasteiger partial charge is 0.253 e. The Bertz CT molecular complexity index is 924. The van der Waals surface area contributed by atoms with E-state index in [0.29, 0.717) is 30.6 Å². The summed E-state index contributed by atoms with van der Waals surface area (Å²) in [6.45, 7) is 0.444. The van der Waals surface area contributed by atoms with Crippen molar-refractivity contribution in [2.45, 2.75) is 19.4 Å². The molecule has 0 radical (unpaired) electrons. The molecule has 0 bridgehead atoms. The molecular formula is C24H24N2O2. The summed E-state index contributed by atoms with van der Waals surface area (Å²) in [5.41, 5.74) is 3.26. The van der Waals surface area contributed by atoms with Gasteiger partial charge in [0.25, 0.3) is 5.91 Å². The van der Waals surface area contributed by atoms with Crippen LogP contribution in [0.3, 0.4) is 0 Å². The molecule has 0 spiro atoms. The highest BCUT2D eigenvalue weighted by atomic mass is 16.2. The standard InChI is InChI=1S/C24H24N2O2/c1-26(23(27)17-16-19-10-4-2-5-11-19)22-15-9-8-14-21(22)24(28)25-18-20-12-6-3-7-13-20/h2-15H,16-18H2,1H3,(H,25,28). The zero-order valence-electron chi connectivity index (χ0n) is 16.0. The number of rotatable bonds is 7. The van der Waals surface area contributed by atoms with Crippen molar-refractivity contribution in [2.24, 2.45) is 0 Å².